The third-order valence-electron chi connectivity index (χ3n) is 4.49. The van der Waals surface area contributed by atoms with Crippen LogP contribution in [-0.2, 0) is 0 Å². The fourth-order valence-corrected chi connectivity index (χ4v) is 3.07. The van der Waals surface area contributed by atoms with E-state index in [4.69, 9.17) is 4.42 Å². The van der Waals surface area contributed by atoms with E-state index in [9.17, 15) is 4.79 Å². The van der Waals surface area contributed by atoms with E-state index in [0.717, 1.165) is 31.3 Å². The molecule has 7 heteroatoms. The lowest BCUT2D eigenvalue weighted by atomic mass is 10.2. The maximum absolute atomic E-state index is 12.3. The molecule has 0 aliphatic carbocycles. The van der Waals surface area contributed by atoms with Crippen molar-refractivity contribution >= 4 is 18.1 Å². The normalized spacial score (nSPS) is 23.7. The van der Waals surface area contributed by atoms with Crippen LogP contribution in [0.5, 0.6) is 0 Å². The summed E-state index contributed by atoms with van der Waals surface area (Å²) >= 11 is 0. The van der Waals surface area contributed by atoms with Crippen molar-refractivity contribution in [3.63, 3.8) is 0 Å². The molecule has 120 valence electrons. The molecule has 1 aromatic heterocycles. The number of rotatable bonds is 2. The molecule has 0 radical (unpaired) electrons. The van der Waals surface area contributed by atoms with Crippen molar-refractivity contribution in [2.24, 2.45) is 9.98 Å². The summed E-state index contributed by atoms with van der Waals surface area (Å²) in [6, 6.07) is 2.09. The number of amidine groups is 1. The van der Waals surface area contributed by atoms with Gasteiger partial charge >= 0.3 is 0 Å². The lowest BCUT2D eigenvalue weighted by molar-refractivity contribution is 0.0667. The molecule has 0 bridgehead atoms. The molecule has 1 fully saturated rings. The van der Waals surface area contributed by atoms with Crippen molar-refractivity contribution < 1.29 is 9.21 Å². The minimum absolute atomic E-state index is 0.0275. The average Bonchev–Trinajstić information content (AvgIpc) is 3.24. The third kappa shape index (κ3) is 2.52. The van der Waals surface area contributed by atoms with Crippen molar-refractivity contribution in [2.45, 2.75) is 13.0 Å². The standard InChI is InChI=1S/C16H19N5O2/c1-12-9-17-15-8-14(18-11-21(12)15)19-3-5-20(6-4-19)16(22)13-2-7-23-10-13/h2,7-8,10-12H,3-6,9H2,1H3/t12-/m1/s1. The molecule has 1 atom stereocenters. The molecule has 3 aliphatic heterocycles. The van der Waals surface area contributed by atoms with Crippen LogP contribution in [0.3, 0.4) is 0 Å². The van der Waals surface area contributed by atoms with E-state index in [-0.39, 0.29) is 5.91 Å². The molecule has 0 spiro atoms. The van der Waals surface area contributed by atoms with Crippen LogP contribution in [0, 0.1) is 0 Å². The van der Waals surface area contributed by atoms with Gasteiger partial charge in [-0.2, -0.15) is 0 Å². The number of hydrogen-bond donors (Lipinski definition) is 0. The highest BCUT2D eigenvalue weighted by molar-refractivity contribution is 6.03. The van der Waals surface area contributed by atoms with Crippen LogP contribution in [0.1, 0.15) is 17.3 Å². The van der Waals surface area contributed by atoms with Crippen molar-refractivity contribution in [2.75, 3.05) is 32.7 Å². The van der Waals surface area contributed by atoms with Gasteiger partial charge in [0, 0.05) is 32.3 Å². The fraction of sp³-hybridized carbons (Fsp3) is 0.438. The molecular formula is C16H19N5O2. The molecule has 23 heavy (non-hydrogen) atoms. The summed E-state index contributed by atoms with van der Waals surface area (Å²) in [5.74, 6) is 1.95. The van der Waals surface area contributed by atoms with Gasteiger partial charge in [0.15, 0.2) is 0 Å². The summed E-state index contributed by atoms with van der Waals surface area (Å²) in [6.45, 7) is 5.87. The largest absolute Gasteiger partial charge is 0.472 e. The number of piperazine rings is 1. The number of carbonyl (C=O) groups excluding carboxylic acids is 1. The monoisotopic (exact) mass is 313 g/mol. The first kappa shape index (κ1) is 14.0. The summed E-state index contributed by atoms with van der Waals surface area (Å²) < 4.78 is 4.99. The zero-order chi connectivity index (χ0) is 15.8. The first-order valence-electron chi connectivity index (χ1n) is 7.87. The van der Waals surface area contributed by atoms with Gasteiger partial charge in [-0.05, 0) is 13.0 Å². The number of furan rings is 1. The molecular weight excluding hydrogens is 294 g/mol. The van der Waals surface area contributed by atoms with Crippen LogP contribution in [0.2, 0.25) is 0 Å². The zero-order valence-corrected chi connectivity index (χ0v) is 13.1. The Morgan fingerprint density at radius 1 is 1.30 bits per heavy atom. The second-order valence-electron chi connectivity index (χ2n) is 5.99. The van der Waals surface area contributed by atoms with E-state index in [0.29, 0.717) is 24.7 Å². The molecule has 1 amide bonds. The van der Waals surface area contributed by atoms with E-state index < -0.39 is 0 Å². The van der Waals surface area contributed by atoms with Gasteiger partial charge < -0.3 is 19.1 Å². The van der Waals surface area contributed by atoms with E-state index >= 15 is 0 Å². The summed E-state index contributed by atoms with van der Waals surface area (Å²) in [7, 11) is 0. The quantitative estimate of drug-likeness (QED) is 0.818. The Bertz CT molecular complexity index is 683. The Morgan fingerprint density at radius 2 is 2.13 bits per heavy atom. The van der Waals surface area contributed by atoms with Gasteiger partial charge in [-0.1, -0.05) is 0 Å². The SMILES string of the molecule is C[C@@H]1CN=C2C=C(N3CCN(C(=O)c4ccoc4)CC3)N=CN21. The smallest absolute Gasteiger partial charge is 0.257 e. The molecule has 4 heterocycles. The van der Waals surface area contributed by atoms with Gasteiger partial charge in [0.25, 0.3) is 5.91 Å². The first-order valence-corrected chi connectivity index (χ1v) is 7.87. The fourth-order valence-electron chi connectivity index (χ4n) is 3.07. The van der Waals surface area contributed by atoms with Gasteiger partial charge in [-0.25, -0.2) is 4.99 Å². The van der Waals surface area contributed by atoms with Crippen LogP contribution in [0.25, 0.3) is 0 Å². The zero-order valence-electron chi connectivity index (χ0n) is 13.1. The first-order chi connectivity index (χ1) is 11.2. The van der Waals surface area contributed by atoms with Gasteiger partial charge in [0.2, 0.25) is 0 Å². The van der Waals surface area contributed by atoms with Crippen molar-refractivity contribution in [3.8, 4) is 0 Å². The van der Waals surface area contributed by atoms with E-state index in [2.05, 4.69) is 26.7 Å². The van der Waals surface area contributed by atoms with Crippen LogP contribution >= 0.6 is 0 Å². The van der Waals surface area contributed by atoms with Crippen LogP contribution < -0.4 is 0 Å². The summed E-state index contributed by atoms with van der Waals surface area (Å²) in [5.41, 5.74) is 0.610. The molecule has 3 aliphatic rings. The summed E-state index contributed by atoms with van der Waals surface area (Å²) in [5, 5.41) is 0. The minimum Gasteiger partial charge on any atom is -0.472 e. The van der Waals surface area contributed by atoms with Crippen molar-refractivity contribution in [3.05, 3.63) is 36.1 Å². The third-order valence-corrected chi connectivity index (χ3v) is 4.49. The summed E-state index contributed by atoms with van der Waals surface area (Å²) in [6.07, 6.45) is 6.93. The highest BCUT2D eigenvalue weighted by atomic mass is 16.3. The maximum atomic E-state index is 12.3. The number of carbonyl (C=O) groups is 1. The number of aliphatic imine (C=N–C) groups is 2. The van der Waals surface area contributed by atoms with E-state index in [1.807, 2.05) is 17.3 Å². The Kier molecular flexibility index (Phi) is 3.40. The topological polar surface area (TPSA) is 64.6 Å². The van der Waals surface area contributed by atoms with Gasteiger partial charge in [-0.15, -0.1) is 0 Å². The Hall–Kier alpha value is -2.57. The number of amides is 1. The average molecular weight is 313 g/mol. The molecule has 0 N–H and O–H groups in total. The molecule has 0 saturated carbocycles. The number of fused-ring (bicyclic) bond motifs is 1. The highest BCUT2D eigenvalue weighted by Gasteiger charge is 2.28. The Balaban J connectivity index is 1.40. The maximum Gasteiger partial charge on any atom is 0.257 e. The highest BCUT2D eigenvalue weighted by Crippen LogP contribution is 2.19. The second kappa shape index (κ2) is 5.57. The van der Waals surface area contributed by atoms with Crippen molar-refractivity contribution in [1.82, 2.24) is 14.7 Å². The lowest BCUT2D eigenvalue weighted by Crippen LogP contribution is -2.48. The van der Waals surface area contributed by atoms with E-state index in [1.54, 1.807) is 6.07 Å². The van der Waals surface area contributed by atoms with Crippen molar-refractivity contribution in [1.29, 1.82) is 0 Å². The van der Waals surface area contributed by atoms with E-state index in [1.165, 1.54) is 12.5 Å². The predicted octanol–water partition coefficient (Wildman–Crippen LogP) is 1.02. The Morgan fingerprint density at radius 3 is 2.87 bits per heavy atom. The molecule has 7 nitrogen and oxygen atoms in total. The molecule has 0 unspecified atom stereocenters. The lowest BCUT2D eigenvalue weighted by Gasteiger charge is -2.37. The number of nitrogens with zero attached hydrogens (tertiary/aromatic N) is 5. The molecule has 4 rings (SSSR count). The minimum atomic E-state index is 0.0275. The molecule has 1 saturated heterocycles. The van der Waals surface area contributed by atoms with Crippen LogP contribution in [0.15, 0.2) is 44.9 Å². The van der Waals surface area contributed by atoms with Gasteiger partial charge in [0.1, 0.15) is 17.9 Å². The van der Waals surface area contributed by atoms with Crippen LogP contribution in [0.4, 0.5) is 0 Å². The molecule has 1 aromatic rings. The molecule has 0 aromatic carbocycles. The van der Waals surface area contributed by atoms with Gasteiger partial charge in [-0.3, -0.25) is 9.79 Å². The Labute approximate surface area is 134 Å². The summed E-state index contributed by atoms with van der Waals surface area (Å²) in [4.78, 5) is 27.6. The van der Waals surface area contributed by atoms with Gasteiger partial charge in [0.05, 0.1) is 30.8 Å². The second-order valence-corrected chi connectivity index (χ2v) is 5.99. The van der Waals surface area contributed by atoms with Crippen LogP contribution in [-0.4, -0.2) is 71.5 Å². The predicted molar refractivity (Wildman–Crippen MR) is 86.4 cm³/mol. The number of hydrogen-bond acceptors (Lipinski definition) is 6.